The fraction of sp³-hybridized carbons (Fsp3) is 0.321. The van der Waals surface area contributed by atoms with E-state index in [1.807, 2.05) is 124 Å². The normalized spacial score (nSPS) is 15.3. The van der Waals surface area contributed by atoms with Crippen molar-refractivity contribution in [3.05, 3.63) is 154 Å². The molecular formula is C56H58N6O10. The molecule has 4 aromatic carbocycles. The third-order valence-electron chi connectivity index (χ3n) is 13.7. The Bertz CT molecular complexity index is 3060. The number of nitriles is 1. The lowest BCUT2D eigenvalue weighted by molar-refractivity contribution is -0.156. The SMILES string of the molecule is CC(=O)OC(C)=O.CCc1ccc(C(=O)N2CCC3(CC2)Oc2ccccc2-n2c(/C=N\O)ccc23)cc1OC.CCc1ccc(C(=O)N2CCC3(CC2)Oc2ccccc2-n2c(C#N)ccc23)cc1OC. The van der Waals surface area contributed by atoms with Gasteiger partial charge in [-0.3, -0.25) is 23.7 Å². The minimum atomic E-state index is -0.562. The molecule has 0 radical (unpaired) electrons. The molecule has 0 saturated carbocycles. The lowest BCUT2D eigenvalue weighted by atomic mass is 9.86. The summed E-state index contributed by atoms with van der Waals surface area (Å²) in [6, 6.07) is 37.1. The van der Waals surface area contributed by atoms with Gasteiger partial charge in [0.25, 0.3) is 11.8 Å². The Labute approximate surface area is 418 Å². The van der Waals surface area contributed by atoms with Crippen molar-refractivity contribution < 1.29 is 48.1 Å². The average Bonchev–Trinajstić information content (AvgIpc) is 4.05. The van der Waals surface area contributed by atoms with Crippen LogP contribution in [0.25, 0.3) is 11.4 Å². The summed E-state index contributed by atoms with van der Waals surface area (Å²) < 4.78 is 32.2. The number of amides is 2. The monoisotopic (exact) mass is 974 g/mol. The number of methoxy groups -OCH3 is 2. The number of hydrogen-bond donors (Lipinski definition) is 1. The molecule has 4 aliphatic heterocycles. The number of aromatic nitrogens is 2. The highest BCUT2D eigenvalue weighted by Crippen LogP contribution is 2.47. The Balaban J connectivity index is 0.000000170. The molecule has 6 heterocycles. The van der Waals surface area contributed by atoms with E-state index in [0.717, 1.165) is 75.4 Å². The van der Waals surface area contributed by atoms with Gasteiger partial charge in [-0.2, -0.15) is 5.26 Å². The number of esters is 2. The highest BCUT2D eigenvalue weighted by Gasteiger charge is 2.47. The van der Waals surface area contributed by atoms with Crippen LogP contribution in [-0.4, -0.2) is 94.5 Å². The molecule has 10 rings (SSSR count). The molecule has 0 atom stereocenters. The van der Waals surface area contributed by atoms with Gasteiger partial charge >= 0.3 is 11.9 Å². The molecule has 16 heteroatoms. The van der Waals surface area contributed by atoms with Crippen molar-refractivity contribution in [3.63, 3.8) is 0 Å². The van der Waals surface area contributed by atoms with E-state index in [1.54, 1.807) is 14.2 Å². The van der Waals surface area contributed by atoms with Crippen LogP contribution >= 0.6 is 0 Å². The highest BCUT2D eigenvalue weighted by molar-refractivity contribution is 5.95. The minimum Gasteiger partial charge on any atom is -0.496 e. The Hall–Kier alpha value is -8.32. The lowest BCUT2D eigenvalue weighted by Gasteiger charge is -2.45. The van der Waals surface area contributed by atoms with Gasteiger partial charge < -0.3 is 43.3 Å². The van der Waals surface area contributed by atoms with E-state index in [-0.39, 0.29) is 11.8 Å². The van der Waals surface area contributed by atoms with Gasteiger partial charge in [-0.1, -0.05) is 55.4 Å². The summed E-state index contributed by atoms with van der Waals surface area (Å²) in [4.78, 5) is 49.9. The van der Waals surface area contributed by atoms with Crippen molar-refractivity contribution in [2.45, 2.75) is 77.4 Å². The van der Waals surface area contributed by atoms with E-state index in [2.05, 4.69) is 34.4 Å². The molecule has 16 nitrogen and oxygen atoms in total. The highest BCUT2D eigenvalue weighted by atomic mass is 16.6. The number of ether oxygens (including phenoxy) is 5. The van der Waals surface area contributed by atoms with Gasteiger partial charge in [0.05, 0.1) is 48.9 Å². The number of fused-ring (bicyclic) bond motifs is 8. The number of hydrogen-bond acceptors (Lipinski definition) is 12. The van der Waals surface area contributed by atoms with Crippen LogP contribution in [0.3, 0.4) is 0 Å². The van der Waals surface area contributed by atoms with Crippen molar-refractivity contribution in [1.82, 2.24) is 18.9 Å². The Morgan fingerprint density at radius 1 is 0.653 bits per heavy atom. The summed E-state index contributed by atoms with van der Waals surface area (Å²) in [5.41, 5.74) is 7.53. The van der Waals surface area contributed by atoms with E-state index in [0.29, 0.717) is 68.7 Å². The number of nitrogens with zero attached hydrogens (tertiary/aromatic N) is 6. The first-order valence-corrected chi connectivity index (χ1v) is 24.0. The van der Waals surface area contributed by atoms with E-state index in [4.69, 9.17) is 24.2 Å². The number of rotatable bonds is 7. The second-order valence-electron chi connectivity index (χ2n) is 17.8. The Kier molecular flexibility index (Phi) is 14.9. The first-order chi connectivity index (χ1) is 34.8. The van der Waals surface area contributed by atoms with Crippen LogP contribution in [0.2, 0.25) is 0 Å². The molecule has 2 aromatic heterocycles. The molecule has 0 bridgehead atoms. The van der Waals surface area contributed by atoms with E-state index < -0.39 is 23.1 Å². The summed E-state index contributed by atoms with van der Waals surface area (Å²) in [6.07, 6.45) is 5.79. The van der Waals surface area contributed by atoms with Crippen LogP contribution in [0.1, 0.15) is 108 Å². The predicted molar refractivity (Wildman–Crippen MR) is 268 cm³/mol. The maximum atomic E-state index is 13.3. The molecular weight excluding hydrogens is 917 g/mol. The van der Waals surface area contributed by atoms with E-state index in [1.165, 1.54) is 20.1 Å². The number of carbonyl (C=O) groups is 4. The summed E-state index contributed by atoms with van der Waals surface area (Å²) in [5.74, 6) is 1.94. The maximum absolute atomic E-state index is 13.3. The van der Waals surface area contributed by atoms with Crippen molar-refractivity contribution in [2.24, 2.45) is 5.16 Å². The number of carbonyl (C=O) groups excluding carboxylic acids is 4. The Morgan fingerprint density at radius 3 is 1.51 bits per heavy atom. The number of oxime groups is 1. The summed E-state index contributed by atoms with van der Waals surface area (Å²) in [5, 5.41) is 22.0. The molecule has 0 unspecified atom stereocenters. The van der Waals surface area contributed by atoms with Crippen LogP contribution in [0.15, 0.2) is 114 Å². The topological polar surface area (TPSA) is 187 Å². The zero-order chi connectivity index (χ0) is 51.2. The largest absolute Gasteiger partial charge is 0.496 e. The van der Waals surface area contributed by atoms with Crippen molar-refractivity contribution in [1.29, 1.82) is 5.26 Å². The van der Waals surface area contributed by atoms with Crippen LogP contribution in [-0.2, 0) is 38.4 Å². The van der Waals surface area contributed by atoms with Gasteiger partial charge in [-0.25, -0.2) is 0 Å². The van der Waals surface area contributed by atoms with Crippen LogP contribution in [0.5, 0.6) is 23.0 Å². The molecule has 2 spiro atoms. The summed E-state index contributed by atoms with van der Waals surface area (Å²) in [7, 11) is 3.27. The van der Waals surface area contributed by atoms with E-state index in [9.17, 15) is 24.4 Å². The number of aryl methyl sites for hydroxylation is 2. The first-order valence-electron chi connectivity index (χ1n) is 24.0. The fourth-order valence-corrected chi connectivity index (χ4v) is 10.1. The maximum Gasteiger partial charge on any atom is 0.310 e. The molecule has 4 aliphatic rings. The molecule has 2 amide bonds. The number of benzene rings is 4. The predicted octanol–water partition coefficient (Wildman–Crippen LogP) is 8.92. The smallest absolute Gasteiger partial charge is 0.310 e. The van der Waals surface area contributed by atoms with Crippen molar-refractivity contribution in [2.75, 3.05) is 40.4 Å². The third-order valence-corrected chi connectivity index (χ3v) is 13.7. The second kappa shape index (κ2) is 21.4. The molecule has 372 valence electrons. The van der Waals surface area contributed by atoms with Crippen LogP contribution < -0.4 is 18.9 Å². The lowest BCUT2D eigenvalue weighted by Crippen LogP contribution is -2.50. The molecule has 6 aromatic rings. The summed E-state index contributed by atoms with van der Waals surface area (Å²) >= 11 is 0. The van der Waals surface area contributed by atoms with Crippen molar-refractivity contribution >= 4 is 30.0 Å². The molecule has 2 fully saturated rings. The number of piperidine rings is 2. The third kappa shape index (κ3) is 9.74. The average molecular weight is 975 g/mol. The Morgan fingerprint density at radius 2 is 1.10 bits per heavy atom. The van der Waals surface area contributed by atoms with E-state index >= 15 is 0 Å². The van der Waals surface area contributed by atoms with Gasteiger partial charge in [-0.15, -0.1) is 0 Å². The van der Waals surface area contributed by atoms with Gasteiger partial charge in [0.2, 0.25) is 0 Å². The zero-order valence-electron chi connectivity index (χ0n) is 41.3. The zero-order valence-corrected chi connectivity index (χ0v) is 41.3. The van der Waals surface area contributed by atoms with Crippen LogP contribution in [0.4, 0.5) is 0 Å². The molecule has 1 N–H and O–H groups in total. The minimum absolute atomic E-state index is 0.00473. The fourth-order valence-electron chi connectivity index (χ4n) is 10.1. The number of para-hydroxylation sites is 4. The number of likely N-dealkylation sites (tertiary alicyclic amines) is 2. The van der Waals surface area contributed by atoms with Crippen molar-refractivity contribution in [3.8, 4) is 40.4 Å². The molecule has 2 saturated heterocycles. The summed E-state index contributed by atoms with van der Waals surface area (Å²) in [6.45, 7) is 8.81. The quantitative estimate of drug-likeness (QED) is 0.0529. The standard InChI is InChI=1S/C26H27N3O4.C26H25N3O3.C4H6O3/c1-3-18-8-9-19(16-23(18)32-2)25(30)28-14-12-26(13-15-28)24-11-10-20(17-27-31)29(24)21-6-4-5-7-22(21)33-26;1-3-18-8-9-19(16-23(18)31-2)25(30)28-14-12-26(13-15-28)24-11-10-20(17-27)29(24)21-6-4-5-7-22(21)32-26;1-3(5)7-4(2)6/h4-11,16-17,31H,3,12-15H2,1-2H3;4-11,16H,3,12-15H2,1-2H3;1-2H3/b27-17-;;. The van der Waals surface area contributed by atoms with Gasteiger partial charge in [-0.05, 0) is 96.8 Å². The molecule has 0 aliphatic carbocycles. The van der Waals surface area contributed by atoms with Gasteiger partial charge in [0.1, 0.15) is 34.8 Å². The van der Waals surface area contributed by atoms with Gasteiger partial charge in [0, 0.05) is 76.8 Å². The molecule has 72 heavy (non-hydrogen) atoms. The first kappa shape index (κ1) is 50.1. The second-order valence-corrected chi connectivity index (χ2v) is 17.8. The van der Waals surface area contributed by atoms with Crippen LogP contribution in [0, 0.1) is 11.3 Å². The van der Waals surface area contributed by atoms with Gasteiger partial charge in [0.15, 0.2) is 11.2 Å².